The molecule has 3 atom stereocenters. The predicted molar refractivity (Wildman–Crippen MR) is 122 cm³/mol. The molecule has 0 aromatic heterocycles. The minimum Gasteiger partial charge on any atom is -0.450 e. The molecule has 0 saturated heterocycles. The van der Waals surface area contributed by atoms with Crippen LogP contribution in [0, 0.1) is 5.92 Å². The first kappa shape index (κ1) is 27.6. The van der Waals surface area contributed by atoms with E-state index >= 15 is 0 Å². The van der Waals surface area contributed by atoms with E-state index in [4.69, 9.17) is 4.74 Å². The van der Waals surface area contributed by atoms with E-state index in [9.17, 15) is 24.0 Å². The van der Waals surface area contributed by atoms with Crippen LogP contribution in [-0.4, -0.2) is 61.4 Å². The lowest BCUT2D eigenvalue weighted by Crippen LogP contribution is -2.53. The maximum atomic E-state index is 12.6. The van der Waals surface area contributed by atoms with Crippen LogP contribution in [0.25, 0.3) is 0 Å². The zero-order valence-electron chi connectivity index (χ0n) is 19.6. The molecule has 4 amide bonds. The molecule has 0 aliphatic heterocycles. The lowest BCUT2D eigenvalue weighted by Gasteiger charge is -2.20. The number of carbonyl (C=O) groups is 5. The van der Waals surface area contributed by atoms with Crippen molar-refractivity contribution in [3.63, 3.8) is 0 Å². The molecule has 10 heteroatoms. The Kier molecular flexibility index (Phi) is 12.2. The molecule has 10 nitrogen and oxygen atoms in total. The lowest BCUT2D eigenvalue weighted by molar-refractivity contribution is -0.130. The maximum absolute atomic E-state index is 12.6. The second kappa shape index (κ2) is 14.6. The summed E-state index contributed by atoms with van der Waals surface area (Å²) in [6.45, 7) is 6.74. The molecule has 0 radical (unpaired) electrons. The normalized spacial score (nSPS) is 13.2. The Balaban J connectivity index is 2.62. The molecule has 1 aromatic rings. The standard InChI is InChI=1S/C23H34N4O6/c1-5-33-23(32)27-19(12-17-9-7-6-8-10-17)22(31)24-13-20(29)25-16(4)21(30)26-18(14-28)11-15(2)3/h6-10,14-16,18-19H,5,11-13H2,1-4H3,(H,24,31)(H,25,29)(H,26,30)(H,27,32)/t16-,18-,19-/m0/s1. The summed E-state index contributed by atoms with van der Waals surface area (Å²) in [4.78, 5) is 60.0. The number of carbonyl (C=O) groups excluding carboxylic acids is 5. The molecule has 4 N–H and O–H groups in total. The van der Waals surface area contributed by atoms with Crippen LogP contribution in [0.2, 0.25) is 0 Å². The molecule has 0 bridgehead atoms. The highest BCUT2D eigenvalue weighted by Crippen LogP contribution is 2.05. The number of benzene rings is 1. The zero-order chi connectivity index (χ0) is 24.8. The van der Waals surface area contributed by atoms with Crippen LogP contribution >= 0.6 is 0 Å². The quantitative estimate of drug-likeness (QED) is 0.318. The highest BCUT2D eigenvalue weighted by atomic mass is 16.5. The predicted octanol–water partition coefficient (Wildman–Crippen LogP) is 0.695. The highest BCUT2D eigenvalue weighted by molar-refractivity contribution is 5.92. The number of amides is 4. The smallest absolute Gasteiger partial charge is 0.407 e. The number of rotatable bonds is 13. The SMILES string of the molecule is CCOC(=O)N[C@@H](Cc1ccccc1)C(=O)NCC(=O)N[C@@H](C)C(=O)N[C@H](C=O)CC(C)C. The second-order valence-corrected chi connectivity index (χ2v) is 7.99. The molecule has 0 heterocycles. The van der Waals surface area contributed by atoms with Gasteiger partial charge >= 0.3 is 6.09 Å². The van der Waals surface area contributed by atoms with Crippen LogP contribution in [0.3, 0.4) is 0 Å². The van der Waals surface area contributed by atoms with Gasteiger partial charge in [0.1, 0.15) is 18.4 Å². The van der Waals surface area contributed by atoms with Crippen molar-refractivity contribution in [2.24, 2.45) is 5.92 Å². The molecule has 0 aliphatic carbocycles. The lowest BCUT2D eigenvalue weighted by atomic mass is 10.0. The van der Waals surface area contributed by atoms with E-state index in [2.05, 4.69) is 21.3 Å². The molecule has 1 aromatic carbocycles. The molecule has 1 rings (SSSR count). The Hall–Kier alpha value is -3.43. The zero-order valence-corrected chi connectivity index (χ0v) is 19.6. The van der Waals surface area contributed by atoms with Crippen molar-refractivity contribution in [2.75, 3.05) is 13.2 Å². The molecule has 0 saturated carbocycles. The molecule has 0 aliphatic rings. The van der Waals surface area contributed by atoms with E-state index in [1.54, 1.807) is 6.92 Å². The molecule has 0 fully saturated rings. The number of nitrogens with one attached hydrogen (secondary N) is 4. The van der Waals surface area contributed by atoms with Gasteiger partial charge in [0.15, 0.2) is 0 Å². The third-order valence-corrected chi connectivity index (χ3v) is 4.58. The van der Waals surface area contributed by atoms with Crippen molar-refractivity contribution >= 4 is 30.1 Å². The number of aldehydes is 1. The van der Waals surface area contributed by atoms with E-state index in [0.29, 0.717) is 12.7 Å². The van der Waals surface area contributed by atoms with Crippen LogP contribution in [0.5, 0.6) is 0 Å². The average molecular weight is 463 g/mol. The second-order valence-electron chi connectivity index (χ2n) is 7.99. The van der Waals surface area contributed by atoms with Gasteiger partial charge in [0, 0.05) is 6.42 Å². The molecular formula is C23H34N4O6. The Bertz CT molecular complexity index is 799. The fraction of sp³-hybridized carbons (Fsp3) is 0.522. The fourth-order valence-corrected chi connectivity index (χ4v) is 2.99. The summed E-state index contributed by atoms with van der Waals surface area (Å²) in [7, 11) is 0. The molecule has 0 unspecified atom stereocenters. The van der Waals surface area contributed by atoms with Gasteiger partial charge in [-0.05, 0) is 31.7 Å². The van der Waals surface area contributed by atoms with E-state index in [1.165, 1.54) is 6.92 Å². The summed E-state index contributed by atoms with van der Waals surface area (Å²) in [5.74, 6) is -1.45. The third-order valence-electron chi connectivity index (χ3n) is 4.58. The Labute approximate surface area is 194 Å². The van der Waals surface area contributed by atoms with Gasteiger partial charge in [-0.1, -0.05) is 44.2 Å². The molecular weight excluding hydrogens is 428 g/mol. The van der Waals surface area contributed by atoms with Crippen molar-refractivity contribution in [1.82, 2.24) is 21.3 Å². The maximum Gasteiger partial charge on any atom is 0.407 e. The van der Waals surface area contributed by atoms with Crippen molar-refractivity contribution in [3.05, 3.63) is 35.9 Å². The Morgan fingerprint density at radius 3 is 2.21 bits per heavy atom. The number of ether oxygens (including phenoxy) is 1. The highest BCUT2D eigenvalue weighted by Gasteiger charge is 2.24. The van der Waals surface area contributed by atoms with E-state index in [-0.39, 0.29) is 18.9 Å². The Morgan fingerprint density at radius 2 is 1.64 bits per heavy atom. The van der Waals surface area contributed by atoms with E-state index < -0.39 is 48.5 Å². The van der Waals surface area contributed by atoms with Gasteiger partial charge < -0.3 is 30.8 Å². The summed E-state index contributed by atoms with van der Waals surface area (Å²) in [5, 5.41) is 10.0. The first-order valence-electron chi connectivity index (χ1n) is 11.0. The summed E-state index contributed by atoms with van der Waals surface area (Å²) < 4.78 is 4.85. The van der Waals surface area contributed by atoms with Crippen molar-refractivity contribution < 1.29 is 28.7 Å². The molecule has 182 valence electrons. The summed E-state index contributed by atoms with van der Waals surface area (Å²) in [5.41, 5.74) is 0.815. The van der Waals surface area contributed by atoms with Crippen molar-refractivity contribution in [1.29, 1.82) is 0 Å². The first-order valence-corrected chi connectivity index (χ1v) is 11.0. The van der Waals surface area contributed by atoms with Crippen LogP contribution in [0.1, 0.15) is 39.7 Å². The van der Waals surface area contributed by atoms with Crippen LogP contribution in [0.15, 0.2) is 30.3 Å². The molecule has 33 heavy (non-hydrogen) atoms. The van der Waals surface area contributed by atoms with E-state index in [1.807, 2.05) is 44.2 Å². The fourth-order valence-electron chi connectivity index (χ4n) is 2.99. The van der Waals surface area contributed by atoms with Gasteiger partial charge in [-0.15, -0.1) is 0 Å². The van der Waals surface area contributed by atoms with Crippen molar-refractivity contribution in [2.45, 2.75) is 58.7 Å². The van der Waals surface area contributed by atoms with Crippen LogP contribution in [-0.2, 0) is 30.3 Å². The van der Waals surface area contributed by atoms with Gasteiger partial charge in [-0.3, -0.25) is 14.4 Å². The first-order chi connectivity index (χ1) is 15.7. The summed E-state index contributed by atoms with van der Waals surface area (Å²) >= 11 is 0. The van der Waals surface area contributed by atoms with Gasteiger partial charge in [-0.25, -0.2) is 4.79 Å². The average Bonchev–Trinajstić information content (AvgIpc) is 2.76. The monoisotopic (exact) mass is 462 g/mol. The number of hydrogen-bond acceptors (Lipinski definition) is 6. The van der Waals surface area contributed by atoms with Crippen LogP contribution in [0.4, 0.5) is 4.79 Å². The van der Waals surface area contributed by atoms with Gasteiger partial charge in [0.2, 0.25) is 17.7 Å². The minimum absolute atomic E-state index is 0.149. The largest absolute Gasteiger partial charge is 0.450 e. The van der Waals surface area contributed by atoms with Gasteiger partial charge in [-0.2, -0.15) is 0 Å². The topological polar surface area (TPSA) is 143 Å². The van der Waals surface area contributed by atoms with Crippen molar-refractivity contribution in [3.8, 4) is 0 Å². The van der Waals surface area contributed by atoms with E-state index in [0.717, 1.165) is 5.56 Å². The minimum atomic E-state index is -0.954. The summed E-state index contributed by atoms with van der Waals surface area (Å²) in [6, 6.07) is 6.59. The number of alkyl carbamates (subject to hydrolysis) is 1. The summed E-state index contributed by atoms with van der Waals surface area (Å²) in [6.07, 6.45) is 0.613. The van der Waals surface area contributed by atoms with Crippen LogP contribution < -0.4 is 21.3 Å². The number of hydrogen-bond donors (Lipinski definition) is 4. The molecule has 0 spiro atoms. The third kappa shape index (κ3) is 11.1. The van der Waals surface area contributed by atoms with Gasteiger partial charge in [0.05, 0.1) is 19.2 Å². The van der Waals surface area contributed by atoms with Gasteiger partial charge in [0.25, 0.3) is 0 Å². The Morgan fingerprint density at radius 1 is 0.970 bits per heavy atom.